The molecule has 3 rings (SSSR count). The van der Waals surface area contributed by atoms with Crippen LogP contribution in [0.2, 0.25) is 0 Å². The predicted octanol–water partition coefficient (Wildman–Crippen LogP) is 1.43. The molecule has 0 saturated carbocycles. The zero-order chi connectivity index (χ0) is 16.8. The van der Waals surface area contributed by atoms with Gasteiger partial charge in [-0.15, -0.1) is 0 Å². The molecule has 1 aliphatic carbocycles. The molecular weight excluding hydrogens is 306 g/mol. The molecule has 1 aliphatic heterocycles. The van der Waals surface area contributed by atoms with E-state index in [1.807, 2.05) is 6.07 Å². The minimum atomic E-state index is -0.0883. The molecule has 1 N–H and O–H groups in total. The van der Waals surface area contributed by atoms with Crippen LogP contribution in [0, 0.1) is 0 Å². The van der Waals surface area contributed by atoms with Gasteiger partial charge in [-0.3, -0.25) is 4.79 Å². The first-order valence-electron chi connectivity index (χ1n) is 8.73. The average Bonchev–Trinajstić information content (AvgIpc) is 2.65. The fourth-order valence-electron chi connectivity index (χ4n) is 3.27. The zero-order valence-electron chi connectivity index (χ0n) is 14.0. The lowest BCUT2D eigenvalue weighted by molar-refractivity contribution is -0.119. The molecule has 0 unspecified atom stereocenters. The Balaban J connectivity index is 1.38. The first kappa shape index (κ1) is 16.6. The lowest BCUT2D eigenvalue weighted by Crippen LogP contribution is -2.51. The monoisotopic (exact) mass is 331 g/mol. The second kappa shape index (κ2) is 8.04. The largest absolute Gasteiger partial charge is 0.492 e. The summed E-state index contributed by atoms with van der Waals surface area (Å²) in [6.07, 6.45) is 5.67. The highest BCUT2D eigenvalue weighted by molar-refractivity contribution is 5.74. The van der Waals surface area contributed by atoms with Crippen LogP contribution in [0.5, 0.6) is 5.75 Å². The van der Waals surface area contributed by atoms with Crippen LogP contribution in [0.3, 0.4) is 0 Å². The number of carbonyl (C=O) groups is 2. The fourth-order valence-corrected chi connectivity index (χ4v) is 3.27. The number of piperazine rings is 1. The summed E-state index contributed by atoms with van der Waals surface area (Å²) in [4.78, 5) is 26.1. The third-order valence-corrected chi connectivity index (χ3v) is 4.72. The highest BCUT2D eigenvalue weighted by Gasteiger charge is 2.19. The predicted molar refractivity (Wildman–Crippen MR) is 91.2 cm³/mol. The van der Waals surface area contributed by atoms with Gasteiger partial charge in [-0.2, -0.15) is 0 Å². The molecule has 0 bridgehead atoms. The van der Waals surface area contributed by atoms with Gasteiger partial charge in [0.05, 0.1) is 6.54 Å². The molecule has 0 aromatic heterocycles. The van der Waals surface area contributed by atoms with Crippen molar-refractivity contribution in [1.29, 1.82) is 0 Å². The third kappa shape index (κ3) is 4.19. The average molecular weight is 331 g/mol. The van der Waals surface area contributed by atoms with E-state index in [1.54, 1.807) is 9.80 Å². The summed E-state index contributed by atoms with van der Waals surface area (Å²) in [7, 11) is 0. The SMILES string of the molecule is O=CN1CCN(C(=O)NCCOc2ccc3c(c2)CCCC3)CC1. The molecule has 1 heterocycles. The smallest absolute Gasteiger partial charge is 0.317 e. The molecule has 6 nitrogen and oxygen atoms in total. The summed E-state index contributed by atoms with van der Waals surface area (Å²) < 4.78 is 5.76. The van der Waals surface area contributed by atoms with Gasteiger partial charge in [0.15, 0.2) is 0 Å². The topological polar surface area (TPSA) is 61.9 Å². The fraction of sp³-hybridized carbons (Fsp3) is 0.556. The molecule has 1 fully saturated rings. The van der Waals surface area contributed by atoms with Crippen molar-refractivity contribution >= 4 is 12.4 Å². The minimum Gasteiger partial charge on any atom is -0.492 e. The van der Waals surface area contributed by atoms with Gasteiger partial charge >= 0.3 is 6.03 Å². The van der Waals surface area contributed by atoms with Crippen LogP contribution in [0.1, 0.15) is 24.0 Å². The van der Waals surface area contributed by atoms with Crippen molar-refractivity contribution in [3.05, 3.63) is 29.3 Å². The van der Waals surface area contributed by atoms with E-state index in [-0.39, 0.29) is 6.03 Å². The number of aryl methyl sites for hydroxylation is 2. The van der Waals surface area contributed by atoms with Gasteiger partial charge in [0.1, 0.15) is 12.4 Å². The zero-order valence-corrected chi connectivity index (χ0v) is 14.0. The lowest BCUT2D eigenvalue weighted by Gasteiger charge is -2.32. The van der Waals surface area contributed by atoms with Crippen LogP contribution in [0.25, 0.3) is 0 Å². The van der Waals surface area contributed by atoms with Crippen LogP contribution in [0.15, 0.2) is 18.2 Å². The van der Waals surface area contributed by atoms with E-state index in [0.717, 1.165) is 18.6 Å². The summed E-state index contributed by atoms with van der Waals surface area (Å²) in [6, 6.07) is 6.23. The van der Waals surface area contributed by atoms with Crippen molar-refractivity contribution in [2.24, 2.45) is 0 Å². The van der Waals surface area contributed by atoms with Crippen molar-refractivity contribution < 1.29 is 14.3 Å². The van der Waals surface area contributed by atoms with Crippen molar-refractivity contribution in [2.45, 2.75) is 25.7 Å². The Labute approximate surface area is 142 Å². The van der Waals surface area contributed by atoms with E-state index in [0.29, 0.717) is 39.3 Å². The standard InChI is InChI=1S/C18H25N3O3/c22-14-20-8-10-21(11-9-20)18(23)19-7-12-24-17-6-5-15-3-1-2-4-16(15)13-17/h5-6,13-14H,1-4,7-12H2,(H,19,23). The maximum Gasteiger partial charge on any atom is 0.317 e. The number of urea groups is 1. The maximum absolute atomic E-state index is 12.0. The Bertz CT molecular complexity index is 583. The number of hydrogen-bond donors (Lipinski definition) is 1. The number of carbonyl (C=O) groups excluding carboxylic acids is 2. The van der Waals surface area contributed by atoms with Gasteiger partial charge in [-0.05, 0) is 48.9 Å². The van der Waals surface area contributed by atoms with Gasteiger partial charge in [0, 0.05) is 26.2 Å². The second-order valence-corrected chi connectivity index (χ2v) is 6.35. The Morgan fingerprint density at radius 1 is 1.12 bits per heavy atom. The van der Waals surface area contributed by atoms with Gasteiger partial charge in [-0.1, -0.05) is 6.07 Å². The van der Waals surface area contributed by atoms with Gasteiger partial charge in [0.2, 0.25) is 6.41 Å². The number of fused-ring (bicyclic) bond motifs is 1. The van der Waals surface area contributed by atoms with E-state index in [1.165, 1.54) is 30.4 Å². The summed E-state index contributed by atoms with van der Waals surface area (Å²) in [5.74, 6) is 0.879. The first-order chi connectivity index (χ1) is 11.8. The minimum absolute atomic E-state index is 0.0883. The molecule has 3 amide bonds. The highest BCUT2D eigenvalue weighted by Crippen LogP contribution is 2.25. The molecule has 0 atom stereocenters. The van der Waals surface area contributed by atoms with Gasteiger partial charge < -0.3 is 19.9 Å². The van der Waals surface area contributed by atoms with Crippen LogP contribution in [0.4, 0.5) is 4.79 Å². The number of hydrogen-bond acceptors (Lipinski definition) is 3. The number of ether oxygens (including phenoxy) is 1. The number of rotatable bonds is 5. The quantitative estimate of drug-likeness (QED) is 0.656. The van der Waals surface area contributed by atoms with Crippen molar-refractivity contribution in [2.75, 3.05) is 39.3 Å². The molecule has 6 heteroatoms. The lowest BCUT2D eigenvalue weighted by atomic mass is 9.92. The van der Waals surface area contributed by atoms with Crippen LogP contribution in [-0.4, -0.2) is 61.6 Å². The van der Waals surface area contributed by atoms with Crippen LogP contribution < -0.4 is 10.1 Å². The van der Waals surface area contributed by atoms with E-state index in [9.17, 15) is 9.59 Å². The summed E-state index contributed by atoms with van der Waals surface area (Å²) >= 11 is 0. The molecule has 0 radical (unpaired) electrons. The number of benzene rings is 1. The number of amides is 3. The molecule has 1 aromatic carbocycles. The summed E-state index contributed by atoms with van der Waals surface area (Å²) in [6.45, 7) is 3.29. The molecule has 130 valence electrons. The normalized spacial score (nSPS) is 17.2. The van der Waals surface area contributed by atoms with Gasteiger partial charge in [-0.25, -0.2) is 4.79 Å². The molecule has 1 saturated heterocycles. The van der Waals surface area contributed by atoms with E-state index >= 15 is 0 Å². The molecule has 1 aromatic rings. The van der Waals surface area contributed by atoms with E-state index < -0.39 is 0 Å². The van der Waals surface area contributed by atoms with Gasteiger partial charge in [0.25, 0.3) is 0 Å². The number of nitrogens with one attached hydrogen (secondary N) is 1. The molecule has 24 heavy (non-hydrogen) atoms. The van der Waals surface area contributed by atoms with Crippen molar-refractivity contribution in [1.82, 2.24) is 15.1 Å². The van der Waals surface area contributed by atoms with Crippen LogP contribution in [-0.2, 0) is 17.6 Å². The Hall–Kier alpha value is -2.24. The first-order valence-corrected chi connectivity index (χ1v) is 8.73. The molecule has 0 spiro atoms. The third-order valence-electron chi connectivity index (χ3n) is 4.72. The Morgan fingerprint density at radius 2 is 1.88 bits per heavy atom. The summed E-state index contributed by atoms with van der Waals surface area (Å²) in [5.41, 5.74) is 2.84. The number of nitrogens with zero attached hydrogens (tertiary/aromatic N) is 2. The molecular formula is C18H25N3O3. The maximum atomic E-state index is 12.0. The molecule has 2 aliphatic rings. The Morgan fingerprint density at radius 3 is 2.62 bits per heavy atom. The van der Waals surface area contributed by atoms with E-state index in [2.05, 4.69) is 17.4 Å². The van der Waals surface area contributed by atoms with Crippen molar-refractivity contribution in [3.63, 3.8) is 0 Å². The van der Waals surface area contributed by atoms with E-state index in [4.69, 9.17) is 4.74 Å². The summed E-state index contributed by atoms with van der Waals surface area (Å²) in [5, 5.41) is 2.87. The second-order valence-electron chi connectivity index (χ2n) is 6.35. The van der Waals surface area contributed by atoms with Crippen molar-refractivity contribution in [3.8, 4) is 5.75 Å². The van der Waals surface area contributed by atoms with Crippen LogP contribution >= 0.6 is 0 Å². The Kier molecular flexibility index (Phi) is 5.56. The highest BCUT2D eigenvalue weighted by atomic mass is 16.5.